The highest BCUT2D eigenvalue weighted by Gasteiger charge is 2.13. The van der Waals surface area contributed by atoms with E-state index in [0.29, 0.717) is 5.56 Å². The third kappa shape index (κ3) is 3.42. The average Bonchev–Trinajstić information content (AvgIpc) is 2.32. The van der Waals surface area contributed by atoms with Gasteiger partial charge < -0.3 is 0 Å². The van der Waals surface area contributed by atoms with E-state index in [2.05, 4.69) is 31.9 Å². The van der Waals surface area contributed by atoms with E-state index in [9.17, 15) is 4.39 Å². The second kappa shape index (κ2) is 5.98. The van der Waals surface area contributed by atoms with E-state index in [1.54, 1.807) is 6.07 Å². The van der Waals surface area contributed by atoms with Crippen molar-refractivity contribution >= 4 is 31.9 Å². The molecule has 2 aromatic carbocycles. The highest BCUT2D eigenvalue weighted by atomic mass is 79.9. The summed E-state index contributed by atoms with van der Waals surface area (Å²) in [5.74, 6) is -0.144. The molecular weight excluding hydrogens is 359 g/mol. The van der Waals surface area contributed by atoms with Crippen LogP contribution in [0.25, 0.3) is 0 Å². The van der Waals surface area contributed by atoms with Crippen LogP contribution in [0.5, 0.6) is 0 Å². The molecule has 0 nitrogen and oxygen atoms in total. The van der Waals surface area contributed by atoms with Gasteiger partial charge >= 0.3 is 0 Å². The van der Waals surface area contributed by atoms with Gasteiger partial charge in [0, 0.05) is 14.9 Å². The first-order valence-electron chi connectivity index (χ1n) is 5.71. The van der Waals surface area contributed by atoms with Crippen molar-refractivity contribution in [2.24, 2.45) is 0 Å². The van der Waals surface area contributed by atoms with Gasteiger partial charge in [-0.3, -0.25) is 0 Å². The summed E-state index contributed by atoms with van der Waals surface area (Å²) in [4.78, 5) is -0.000671. The third-order valence-corrected chi connectivity index (χ3v) is 4.17. The van der Waals surface area contributed by atoms with Gasteiger partial charge in [0.05, 0.1) is 0 Å². The Kier molecular flexibility index (Phi) is 4.57. The quantitative estimate of drug-likeness (QED) is 0.618. The minimum atomic E-state index is -0.144. The number of aryl methyl sites for hydroxylation is 1. The first kappa shape index (κ1) is 13.8. The molecule has 0 fully saturated rings. The molecule has 0 aliphatic rings. The van der Waals surface area contributed by atoms with Crippen LogP contribution >= 0.6 is 31.9 Å². The van der Waals surface area contributed by atoms with E-state index in [1.165, 1.54) is 5.56 Å². The fourth-order valence-electron chi connectivity index (χ4n) is 1.82. The lowest BCUT2D eigenvalue weighted by molar-refractivity contribution is 0.607. The van der Waals surface area contributed by atoms with E-state index in [-0.39, 0.29) is 10.6 Å². The van der Waals surface area contributed by atoms with Gasteiger partial charge in [0.25, 0.3) is 0 Å². The van der Waals surface area contributed by atoms with Crippen molar-refractivity contribution in [2.75, 3.05) is 0 Å². The summed E-state index contributed by atoms with van der Waals surface area (Å²) in [5, 5.41) is 0. The summed E-state index contributed by atoms with van der Waals surface area (Å²) < 4.78 is 14.9. The molecule has 2 rings (SSSR count). The van der Waals surface area contributed by atoms with Gasteiger partial charge in [-0.05, 0) is 42.7 Å². The summed E-state index contributed by atoms with van der Waals surface area (Å²) in [5.41, 5.74) is 2.84. The zero-order chi connectivity index (χ0) is 13.1. The lowest BCUT2D eigenvalue weighted by Crippen LogP contribution is -1.99. The van der Waals surface area contributed by atoms with E-state index >= 15 is 0 Å². The maximum atomic E-state index is 13.8. The molecule has 0 aromatic heterocycles. The molecule has 0 saturated heterocycles. The van der Waals surface area contributed by atoms with Crippen molar-refractivity contribution in [3.63, 3.8) is 0 Å². The molecule has 0 bridgehead atoms. The molecule has 94 valence electrons. The van der Waals surface area contributed by atoms with Gasteiger partial charge in [-0.15, -0.1) is 0 Å². The second-order valence-electron chi connectivity index (χ2n) is 4.32. The molecule has 0 saturated carbocycles. The molecule has 0 aliphatic heterocycles. The van der Waals surface area contributed by atoms with Crippen LogP contribution < -0.4 is 0 Å². The molecular formula is C15H13Br2F. The summed E-state index contributed by atoms with van der Waals surface area (Å²) in [7, 11) is 0. The molecule has 0 N–H and O–H groups in total. The van der Waals surface area contributed by atoms with E-state index < -0.39 is 0 Å². The number of hydrogen-bond acceptors (Lipinski definition) is 0. The van der Waals surface area contributed by atoms with Gasteiger partial charge in [0.2, 0.25) is 0 Å². The number of rotatable bonds is 3. The van der Waals surface area contributed by atoms with E-state index in [4.69, 9.17) is 0 Å². The van der Waals surface area contributed by atoms with Crippen LogP contribution in [-0.2, 0) is 6.42 Å². The Balaban J connectivity index is 2.16. The molecule has 0 heterocycles. The minimum Gasteiger partial charge on any atom is -0.207 e. The second-order valence-corrected chi connectivity index (χ2v) is 6.34. The highest BCUT2D eigenvalue weighted by molar-refractivity contribution is 9.10. The van der Waals surface area contributed by atoms with E-state index in [0.717, 1.165) is 16.5 Å². The summed E-state index contributed by atoms with van der Waals surface area (Å²) in [6.07, 6.45) is 0.771. The van der Waals surface area contributed by atoms with Crippen LogP contribution in [0.3, 0.4) is 0 Å². The van der Waals surface area contributed by atoms with Crippen LogP contribution in [0.1, 0.15) is 21.5 Å². The van der Waals surface area contributed by atoms with Crippen molar-refractivity contribution in [3.8, 4) is 0 Å². The number of alkyl halides is 1. The molecule has 1 atom stereocenters. The lowest BCUT2D eigenvalue weighted by atomic mass is 10.0. The summed E-state index contributed by atoms with van der Waals surface area (Å²) in [6, 6.07) is 13.5. The van der Waals surface area contributed by atoms with Crippen LogP contribution in [-0.4, -0.2) is 0 Å². The summed E-state index contributed by atoms with van der Waals surface area (Å²) >= 11 is 6.97. The molecule has 0 spiro atoms. The zero-order valence-corrected chi connectivity index (χ0v) is 13.1. The van der Waals surface area contributed by atoms with Crippen LogP contribution in [0, 0.1) is 12.7 Å². The standard InChI is InChI=1S/C15H13Br2F/c1-10-2-7-13(15(18)8-10)14(17)9-11-3-5-12(16)6-4-11/h2-8,14H,9H2,1H3. The maximum Gasteiger partial charge on any atom is 0.127 e. The van der Waals surface area contributed by atoms with Crippen LogP contribution in [0.15, 0.2) is 46.9 Å². The van der Waals surface area contributed by atoms with E-state index in [1.807, 2.05) is 43.3 Å². The first-order valence-corrected chi connectivity index (χ1v) is 7.41. The largest absolute Gasteiger partial charge is 0.207 e. The normalized spacial score (nSPS) is 12.4. The van der Waals surface area contributed by atoms with Crippen molar-refractivity contribution < 1.29 is 4.39 Å². The Morgan fingerprint density at radius 1 is 1.11 bits per heavy atom. The Bertz CT molecular complexity index is 535. The minimum absolute atomic E-state index is 0.000671. The topological polar surface area (TPSA) is 0 Å². The Hall–Kier alpha value is -0.670. The van der Waals surface area contributed by atoms with Crippen molar-refractivity contribution in [1.82, 2.24) is 0 Å². The first-order chi connectivity index (χ1) is 8.56. The van der Waals surface area contributed by atoms with Gasteiger partial charge in [0.1, 0.15) is 5.82 Å². The van der Waals surface area contributed by atoms with Crippen LogP contribution in [0.4, 0.5) is 4.39 Å². The Morgan fingerprint density at radius 3 is 2.39 bits per heavy atom. The monoisotopic (exact) mass is 370 g/mol. The summed E-state index contributed by atoms with van der Waals surface area (Å²) in [6.45, 7) is 1.89. The predicted molar refractivity (Wildman–Crippen MR) is 80.7 cm³/mol. The average molecular weight is 372 g/mol. The lowest BCUT2D eigenvalue weighted by Gasteiger charge is -2.12. The van der Waals surface area contributed by atoms with Crippen LogP contribution in [0.2, 0.25) is 0 Å². The van der Waals surface area contributed by atoms with Gasteiger partial charge in [-0.2, -0.15) is 0 Å². The predicted octanol–water partition coefficient (Wildman–Crippen LogP) is 5.58. The van der Waals surface area contributed by atoms with Crippen molar-refractivity contribution in [2.45, 2.75) is 18.2 Å². The molecule has 3 heteroatoms. The molecule has 18 heavy (non-hydrogen) atoms. The SMILES string of the molecule is Cc1ccc(C(Br)Cc2ccc(Br)cc2)c(F)c1. The fourth-order valence-corrected chi connectivity index (χ4v) is 2.83. The molecule has 0 aliphatic carbocycles. The fraction of sp³-hybridized carbons (Fsp3) is 0.200. The Labute approximate surface area is 123 Å². The van der Waals surface area contributed by atoms with Gasteiger partial charge in [-0.1, -0.05) is 56.1 Å². The highest BCUT2D eigenvalue weighted by Crippen LogP contribution is 2.29. The number of halogens is 3. The van der Waals surface area contributed by atoms with Gasteiger partial charge in [0.15, 0.2) is 0 Å². The molecule has 0 amide bonds. The van der Waals surface area contributed by atoms with Crippen molar-refractivity contribution in [1.29, 1.82) is 0 Å². The maximum absolute atomic E-state index is 13.8. The molecule has 0 radical (unpaired) electrons. The molecule has 1 unspecified atom stereocenters. The Morgan fingerprint density at radius 2 is 1.78 bits per heavy atom. The van der Waals surface area contributed by atoms with Crippen molar-refractivity contribution in [3.05, 3.63) is 69.4 Å². The molecule has 2 aromatic rings. The smallest absolute Gasteiger partial charge is 0.127 e. The number of benzene rings is 2. The third-order valence-electron chi connectivity index (χ3n) is 2.82. The van der Waals surface area contributed by atoms with Gasteiger partial charge in [-0.25, -0.2) is 4.39 Å². The zero-order valence-electron chi connectivity index (χ0n) is 9.96. The number of hydrogen-bond donors (Lipinski definition) is 0.